The van der Waals surface area contributed by atoms with Crippen LogP contribution in [0.2, 0.25) is 0 Å². The monoisotopic (exact) mass is 279 g/mol. The lowest BCUT2D eigenvalue weighted by Gasteiger charge is -1.95. The second-order valence-electron chi connectivity index (χ2n) is 3.53. The Morgan fingerprint density at radius 1 is 1.42 bits per heavy atom. The summed E-state index contributed by atoms with van der Waals surface area (Å²) in [5, 5.41) is 11.1. The van der Waals surface area contributed by atoms with Crippen molar-refractivity contribution in [3.8, 4) is 10.6 Å². The molecule has 19 heavy (non-hydrogen) atoms. The quantitative estimate of drug-likeness (QED) is 0.523. The van der Waals surface area contributed by atoms with Gasteiger partial charge in [-0.2, -0.15) is 0 Å². The average molecular weight is 279 g/mol. The molecule has 98 valence electrons. The van der Waals surface area contributed by atoms with Crippen molar-refractivity contribution in [2.75, 3.05) is 12.8 Å². The standard InChI is InChI=1S/C11H9N3O4S/c1-18-11(15)8-9(12)13-10(19-8)6-2-4-7(5-3-6)14(16)17/h2-5H,12H2,1H3. The number of esters is 1. The average Bonchev–Trinajstić information content (AvgIpc) is 2.80. The van der Waals surface area contributed by atoms with E-state index in [0.717, 1.165) is 11.3 Å². The zero-order chi connectivity index (χ0) is 14.0. The third-order valence-electron chi connectivity index (χ3n) is 2.35. The van der Waals surface area contributed by atoms with E-state index >= 15 is 0 Å². The third-order valence-corrected chi connectivity index (χ3v) is 3.45. The number of nitrogen functional groups attached to an aromatic ring is 1. The van der Waals surface area contributed by atoms with Crippen molar-refractivity contribution in [2.45, 2.75) is 0 Å². The molecule has 0 spiro atoms. The SMILES string of the molecule is COC(=O)c1sc(-c2ccc([N+](=O)[O-])cc2)nc1N. The fraction of sp³-hybridized carbons (Fsp3) is 0.0909. The fourth-order valence-electron chi connectivity index (χ4n) is 1.42. The molecule has 0 amide bonds. The minimum absolute atomic E-state index is 0.0125. The van der Waals surface area contributed by atoms with Crippen molar-refractivity contribution >= 4 is 28.8 Å². The number of carbonyl (C=O) groups excluding carboxylic acids is 1. The van der Waals surface area contributed by atoms with Crippen LogP contribution in [0.5, 0.6) is 0 Å². The highest BCUT2D eigenvalue weighted by molar-refractivity contribution is 7.17. The number of benzene rings is 1. The number of hydrogen-bond acceptors (Lipinski definition) is 7. The second kappa shape index (κ2) is 5.02. The van der Waals surface area contributed by atoms with E-state index in [1.165, 1.54) is 19.2 Å². The lowest BCUT2D eigenvalue weighted by Crippen LogP contribution is -2.01. The van der Waals surface area contributed by atoms with Crippen LogP contribution in [0.4, 0.5) is 11.5 Å². The Balaban J connectivity index is 2.37. The molecule has 8 heteroatoms. The first-order valence-corrected chi connectivity index (χ1v) is 5.94. The van der Waals surface area contributed by atoms with Crippen molar-refractivity contribution in [2.24, 2.45) is 0 Å². The molecule has 0 bridgehead atoms. The molecule has 0 unspecified atom stereocenters. The van der Waals surface area contributed by atoms with Crippen LogP contribution in [0, 0.1) is 10.1 Å². The number of hydrogen-bond donors (Lipinski definition) is 1. The zero-order valence-corrected chi connectivity index (χ0v) is 10.6. The lowest BCUT2D eigenvalue weighted by molar-refractivity contribution is -0.384. The van der Waals surface area contributed by atoms with Crippen molar-refractivity contribution in [1.82, 2.24) is 4.98 Å². The van der Waals surface area contributed by atoms with Gasteiger partial charge in [0.15, 0.2) is 4.88 Å². The van der Waals surface area contributed by atoms with Gasteiger partial charge < -0.3 is 10.5 Å². The summed E-state index contributed by atoms with van der Waals surface area (Å²) in [4.78, 5) is 25.7. The largest absolute Gasteiger partial charge is 0.465 e. The molecule has 2 N–H and O–H groups in total. The number of nitro benzene ring substituents is 1. The molecule has 0 fully saturated rings. The highest BCUT2D eigenvalue weighted by atomic mass is 32.1. The number of carbonyl (C=O) groups is 1. The molecule has 0 radical (unpaired) electrons. The van der Waals surface area contributed by atoms with Gasteiger partial charge in [0.2, 0.25) is 0 Å². The Morgan fingerprint density at radius 2 is 2.05 bits per heavy atom. The van der Waals surface area contributed by atoms with Gasteiger partial charge in [0, 0.05) is 17.7 Å². The summed E-state index contributed by atoms with van der Waals surface area (Å²) < 4.78 is 4.58. The van der Waals surface area contributed by atoms with Gasteiger partial charge in [0.25, 0.3) is 5.69 Å². The number of nitrogens with zero attached hydrogens (tertiary/aromatic N) is 2. The summed E-state index contributed by atoms with van der Waals surface area (Å²) in [6.45, 7) is 0. The molecule has 0 saturated heterocycles. The van der Waals surface area contributed by atoms with Crippen LogP contribution in [0.1, 0.15) is 9.67 Å². The van der Waals surface area contributed by atoms with Crippen LogP contribution in [-0.2, 0) is 4.74 Å². The minimum atomic E-state index is -0.553. The van der Waals surface area contributed by atoms with Gasteiger partial charge >= 0.3 is 5.97 Å². The fourth-order valence-corrected chi connectivity index (χ4v) is 2.33. The van der Waals surface area contributed by atoms with Crippen LogP contribution < -0.4 is 5.73 Å². The summed E-state index contributed by atoms with van der Waals surface area (Å²) in [7, 11) is 1.26. The predicted molar refractivity (Wildman–Crippen MR) is 70.0 cm³/mol. The van der Waals surface area contributed by atoms with Gasteiger partial charge in [-0.3, -0.25) is 10.1 Å². The minimum Gasteiger partial charge on any atom is -0.465 e. The zero-order valence-electron chi connectivity index (χ0n) is 9.82. The van der Waals surface area contributed by atoms with Gasteiger partial charge in [0.05, 0.1) is 12.0 Å². The Hall–Kier alpha value is -2.48. The van der Waals surface area contributed by atoms with E-state index in [1.54, 1.807) is 12.1 Å². The van der Waals surface area contributed by atoms with E-state index in [2.05, 4.69) is 9.72 Å². The number of anilines is 1. The first-order chi connectivity index (χ1) is 9.02. The van der Waals surface area contributed by atoms with Gasteiger partial charge in [-0.15, -0.1) is 11.3 Å². The maximum absolute atomic E-state index is 11.4. The van der Waals surface area contributed by atoms with Gasteiger partial charge in [0.1, 0.15) is 10.8 Å². The Bertz CT molecular complexity index is 636. The summed E-state index contributed by atoms with van der Waals surface area (Å²) in [5.74, 6) is -0.464. The summed E-state index contributed by atoms with van der Waals surface area (Å²) in [5.41, 5.74) is 6.26. The first-order valence-electron chi connectivity index (χ1n) is 5.12. The topological polar surface area (TPSA) is 108 Å². The molecular formula is C11H9N3O4S. The molecule has 1 aromatic heterocycles. The Morgan fingerprint density at radius 3 is 2.58 bits per heavy atom. The molecule has 0 aliphatic heterocycles. The van der Waals surface area contributed by atoms with Crippen molar-refractivity contribution in [1.29, 1.82) is 0 Å². The van der Waals surface area contributed by atoms with E-state index in [0.29, 0.717) is 10.6 Å². The molecule has 2 rings (SSSR count). The van der Waals surface area contributed by atoms with Crippen LogP contribution in [0.25, 0.3) is 10.6 Å². The molecule has 1 aromatic carbocycles. The molecular weight excluding hydrogens is 270 g/mol. The van der Waals surface area contributed by atoms with Crippen LogP contribution in [0.15, 0.2) is 24.3 Å². The normalized spacial score (nSPS) is 10.2. The van der Waals surface area contributed by atoms with Gasteiger partial charge in [-0.25, -0.2) is 9.78 Å². The van der Waals surface area contributed by atoms with Gasteiger partial charge in [-0.1, -0.05) is 0 Å². The predicted octanol–water partition coefficient (Wildman–Crippen LogP) is 2.09. The summed E-state index contributed by atoms with van der Waals surface area (Å²) in [6.07, 6.45) is 0. The van der Waals surface area contributed by atoms with Crippen LogP contribution in [-0.4, -0.2) is 23.0 Å². The molecule has 0 saturated carbocycles. The van der Waals surface area contributed by atoms with E-state index in [4.69, 9.17) is 5.73 Å². The molecule has 1 heterocycles. The molecule has 0 atom stereocenters. The lowest BCUT2D eigenvalue weighted by atomic mass is 10.2. The van der Waals surface area contributed by atoms with Crippen molar-refractivity contribution in [3.05, 3.63) is 39.3 Å². The number of non-ortho nitro benzene ring substituents is 1. The molecule has 0 aliphatic rings. The maximum Gasteiger partial charge on any atom is 0.351 e. The summed E-state index contributed by atoms with van der Waals surface area (Å²) in [6, 6.07) is 5.84. The van der Waals surface area contributed by atoms with Crippen LogP contribution >= 0.6 is 11.3 Å². The smallest absolute Gasteiger partial charge is 0.351 e. The number of nitro groups is 1. The Kier molecular flexibility index (Phi) is 3.43. The summed E-state index contributed by atoms with van der Waals surface area (Å²) >= 11 is 1.08. The number of nitrogens with two attached hydrogens (primary N) is 1. The van der Waals surface area contributed by atoms with Crippen LogP contribution in [0.3, 0.4) is 0 Å². The second-order valence-corrected chi connectivity index (χ2v) is 4.53. The highest BCUT2D eigenvalue weighted by Crippen LogP contribution is 2.30. The van der Waals surface area contributed by atoms with E-state index in [9.17, 15) is 14.9 Å². The molecule has 2 aromatic rings. The number of rotatable bonds is 3. The van der Waals surface area contributed by atoms with E-state index < -0.39 is 10.9 Å². The number of thiazole rings is 1. The van der Waals surface area contributed by atoms with Crippen molar-refractivity contribution < 1.29 is 14.5 Å². The maximum atomic E-state index is 11.4. The number of ether oxygens (including phenoxy) is 1. The Labute approximate surface area is 111 Å². The number of methoxy groups -OCH3 is 1. The third kappa shape index (κ3) is 2.52. The van der Waals surface area contributed by atoms with E-state index in [1.807, 2.05) is 0 Å². The highest BCUT2D eigenvalue weighted by Gasteiger charge is 2.17. The first kappa shape index (κ1) is 13.0. The van der Waals surface area contributed by atoms with Gasteiger partial charge in [-0.05, 0) is 12.1 Å². The molecule has 7 nitrogen and oxygen atoms in total. The van der Waals surface area contributed by atoms with Crippen molar-refractivity contribution in [3.63, 3.8) is 0 Å². The molecule has 0 aliphatic carbocycles. The van der Waals surface area contributed by atoms with E-state index in [-0.39, 0.29) is 16.4 Å². The number of aromatic nitrogens is 1.